The van der Waals surface area contributed by atoms with Crippen molar-refractivity contribution in [1.82, 2.24) is 15.6 Å². The van der Waals surface area contributed by atoms with E-state index in [4.69, 9.17) is 0 Å². The highest BCUT2D eigenvalue weighted by Crippen LogP contribution is 2.20. The zero-order valence-corrected chi connectivity index (χ0v) is 19.7. The molecule has 0 spiro atoms. The van der Waals surface area contributed by atoms with Crippen molar-refractivity contribution in [1.29, 1.82) is 0 Å². The first-order chi connectivity index (χ1) is 13.6. The number of halogens is 2. The maximum atomic E-state index is 13.9. The van der Waals surface area contributed by atoms with Crippen LogP contribution < -0.4 is 15.5 Å². The number of esters is 1. The summed E-state index contributed by atoms with van der Waals surface area (Å²) in [7, 11) is 1.42. The Balaban J connectivity index is 0.00000420. The van der Waals surface area contributed by atoms with Gasteiger partial charge in [0.25, 0.3) is 0 Å². The Labute approximate surface area is 189 Å². The maximum absolute atomic E-state index is 13.9. The van der Waals surface area contributed by atoms with Crippen molar-refractivity contribution >= 4 is 41.7 Å². The van der Waals surface area contributed by atoms with Crippen LogP contribution >= 0.6 is 24.0 Å². The summed E-state index contributed by atoms with van der Waals surface area (Å²) in [6, 6.07) is 3.26. The van der Waals surface area contributed by atoms with Gasteiger partial charge in [0.2, 0.25) is 0 Å². The van der Waals surface area contributed by atoms with Gasteiger partial charge in [0.15, 0.2) is 17.6 Å². The molecule has 0 aliphatic carbocycles. The number of ether oxygens (including phenoxy) is 1. The van der Waals surface area contributed by atoms with E-state index >= 15 is 0 Å². The third kappa shape index (κ3) is 9.14. The fraction of sp³-hybridized carbons (Fsp3) is 0.650. The molecule has 2 N–H and O–H groups in total. The summed E-state index contributed by atoms with van der Waals surface area (Å²) in [5.74, 6) is 0.787. The van der Waals surface area contributed by atoms with E-state index in [1.807, 2.05) is 11.8 Å². The van der Waals surface area contributed by atoms with Crippen molar-refractivity contribution in [3.05, 3.63) is 24.1 Å². The van der Waals surface area contributed by atoms with E-state index in [-0.39, 0.29) is 41.8 Å². The second kappa shape index (κ2) is 14.4. The molecular weight excluding hydrogens is 488 g/mol. The molecule has 1 unspecified atom stereocenters. The maximum Gasteiger partial charge on any atom is 0.305 e. The molecule has 1 aliphatic rings. The fourth-order valence-corrected chi connectivity index (χ4v) is 3.22. The normalized spacial score (nSPS) is 16.3. The fourth-order valence-electron chi connectivity index (χ4n) is 3.22. The standard InChI is InChI=1S/C20H32FN5O2.HI/c1-3-22-20(24-12-7-5-4-6-10-18(27)28-2)25-16-11-14-26(15-16)19-17(21)9-8-13-23-19;/h8-9,13,16H,3-7,10-12,14-15H2,1-2H3,(H2,22,24,25);1H. The second-order valence-electron chi connectivity index (χ2n) is 6.89. The zero-order valence-electron chi connectivity index (χ0n) is 17.3. The quantitative estimate of drug-likeness (QED) is 0.162. The van der Waals surface area contributed by atoms with Gasteiger partial charge in [0.1, 0.15) is 0 Å². The van der Waals surface area contributed by atoms with Crippen LogP contribution in [0.25, 0.3) is 0 Å². The van der Waals surface area contributed by atoms with E-state index in [1.54, 1.807) is 12.3 Å². The van der Waals surface area contributed by atoms with Crippen molar-refractivity contribution in [2.75, 3.05) is 38.2 Å². The first-order valence-corrected chi connectivity index (χ1v) is 10.1. The Bertz CT molecular complexity index is 647. The average Bonchev–Trinajstić information content (AvgIpc) is 3.15. The van der Waals surface area contributed by atoms with Gasteiger partial charge in [0.05, 0.1) is 7.11 Å². The van der Waals surface area contributed by atoms with Crippen LogP contribution in [0.4, 0.5) is 10.2 Å². The van der Waals surface area contributed by atoms with Crippen molar-refractivity contribution in [3.63, 3.8) is 0 Å². The number of aromatic nitrogens is 1. The van der Waals surface area contributed by atoms with E-state index in [0.29, 0.717) is 18.8 Å². The summed E-state index contributed by atoms with van der Waals surface area (Å²) in [5.41, 5.74) is 0. The van der Waals surface area contributed by atoms with Crippen LogP contribution in [-0.4, -0.2) is 56.2 Å². The van der Waals surface area contributed by atoms with Gasteiger partial charge in [-0.15, -0.1) is 24.0 Å². The van der Waals surface area contributed by atoms with Crippen LogP contribution in [-0.2, 0) is 9.53 Å². The number of hydrogen-bond acceptors (Lipinski definition) is 5. The molecule has 0 radical (unpaired) electrons. The van der Waals surface area contributed by atoms with E-state index in [2.05, 4.69) is 25.3 Å². The molecular formula is C20H33FIN5O2. The lowest BCUT2D eigenvalue weighted by Crippen LogP contribution is -2.44. The summed E-state index contributed by atoms with van der Waals surface area (Å²) in [4.78, 5) is 21.8. The summed E-state index contributed by atoms with van der Waals surface area (Å²) < 4.78 is 18.6. The van der Waals surface area contributed by atoms with E-state index in [1.165, 1.54) is 13.2 Å². The smallest absolute Gasteiger partial charge is 0.305 e. The molecule has 1 aromatic rings. The number of rotatable bonds is 10. The number of carbonyl (C=O) groups is 1. The molecule has 1 atom stereocenters. The SMILES string of the molecule is CCNC(=NCCCCCCC(=O)OC)NC1CCN(c2ncccc2F)C1.I. The molecule has 1 aromatic heterocycles. The Hall–Kier alpha value is -1.65. The van der Waals surface area contributed by atoms with E-state index in [0.717, 1.165) is 57.7 Å². The molecule has 9 heteroatoms. The molecule has 1 fully saturated rings. The van der Waals surface area contributed by atoms with Crippen LogP contribution in [0.2, 0.25) is 0 Å². The summed E-state index contributed by atoms with van der Waals surface area (Å²) in [6.45, 7) is 5.03. The van der Waals surface area contributed by atoms with Gasteiger partial charge >= 0.3 is 5.97 Å². The number of unbranched alkanes of at least 4 members (excludes halogenated alkanes) is 3. The average molecular weight is 521 g/mol. The van der Waals surface area contributed by atoms with E-state index < -0.39 is 0 Å². The van der Waals surface area contributed by atoms with Crippen LogP contribution in [0.3, 0.4) is 0 Å². The molecule has 1 saturated heterocycles. The number of guanidine groups is 1. The Kier molecular flexibility index (Phi) is 12.6. The molecule has 2 rings (SSSR count). The molecule has 0 aromatic carbocycles. The van der Waals surface area contributed by atoms with Gasteiger partial charge in [-0.1, -0.05) is 12.8 Å². The molecule has 164 valence electrons. The first kappa shape index (κ1) is 25.4. The Morgan fingerprint density at radius 3 is 2.90 bits per heavy atom. The van der Waals surface area contributed by atoms with Gasteiger partial charge in [0, 0.05) is 44.8 Å². The number of hydrogen-bond donors (Lipinski definition) is 2. The van der Waals surface area contributed by atoms with Crippen LogP contribution in [0.5, 0.6) is 0 Å². The number of carbonyl (C=O) groups excluding carboxylic acids is 1. The van der Waals surface area contributed by atoms with Crippen molar-refractivity contribution in [2.24, 2.45) is 4.99 Å². The minimum atomic E-state index is -0.282. The van der Waals surface area contributed by atoms with Gasteiger partial charge in [-0.3, -0.25) is 9.79 Å². The molecule has 1 aliphatic heterocycles. The van der Waals surface area contributed by atoms with Crippen molar-refractivity contribution < 1.29 is 13.9 Å². The van der Waals surface area contributed by atoms with Crippen LogP contribution in [0.15, 0.2) is 23.3 Å². The van der Waals surface area contributed by atoms with Gasteiger partial charge < -0.3 is 20.3 Å². The second-order valence-corrected chi connectivity index (χ2v) is 6.89. The highest BCUT2D eigenvalue weighted by atomic mass is 127. The number of nitrogens with zero attached hydrogens (tertiary/aromatic N) is 3. The lowest BCUT2D eigenvalue weighted by Gasteiger charge is -2.19. The van der Waals surface area contributed by atoms with E-state index in [9.17, 15) is 9.18 Å². The largest absolute Gasteiger partial charge is 0.469 e. The Morgan fingerprint density at radius 1 is 1.38 bits per heavy atom. The lowest BCUT2D eigenvalue weighted by atomic mass is 10.1. The van der Waals surface area contributed by atoms with Crippen LogP contribution in [0.1, 0.15) is 45.4 Å². The molecule has 0 bridgehead atoms. The number of pyridine rings is 1. The van der Waals surface area contributed by atoms with Gasteiger partial charge in [-0.2, -0.15) is 0 Å². The molecule has 29 heavy (non-hydrogen) atoms. The third-order valence-electron chi connectivity index (χ3n) is 4.70. The third-order valence-corrected chi connectivity index (χ3v) is 4.70. The molecule has 0 amide bonds. The zero-order chi connectivity index (χ0) is 20.2. The van der Waals surface area contributed by atoms with Crippen molar-refractivity contribution in [2.45, 2.75) is 51.5 Å². The number of methoxy groups -OCH3 is 1. The monoisotopic (exact) mass is 521 g/mol. The first-order valence-electron chi connectivity index (χ1n) is 10.1. The highest BCUT2D eigenvalue weighted by molar-refractivity contribution is 14.0. The summed E-state index contributed by atoms with van der Waals surface area (Å²) in [6.07, 6.45) is 6.89. The topological polar surface area (TPSA) is 78.8 Å². The predicted octanol–water partition coefficient (Wildman–Crippen LogP) is 3.10. The lowest BCUT2D eigenvalue weighted by molar-refractivity contribution is -0.140. The number of anilines is 1. The summed E-state index contributed by atoms with van der Waals surface area (Å²) >= 11 is 0. The molecule has 0 saturated carbocycles. The summed E-state index contributed by atoms with van der Waals surface area (Å²) in [5, 5.41) is 6.72. The molecule has 2 heterocycles. The molecule has 7 nitrogen and oxygen atoms in total. The highest BCUT2D eigenvalue weighted by Gasteiger charge is 2.25. The minimum Gasteiger partial charge on any atom is -0.469 e. The van der Waals surface area contributed by atoms with Gasteiger partial charge in [-0.05, 0) is 38.3 Å². The van der Waals surface area contributed by atoms with Gasteiger partial charge in [-0.25, -0.2) is 9.37 Å². The van der Waals surface area contributed by atoms with Crippen molar-refractivity contribution in [3.8, 4) is 0 Å². The number of aliphatic imine (C=N–C) groups is 1. The Morgan fingerprint density at radius 2 is 2.17 bits per heavy atom. The minimum absolute atomic E-state index is 0. The predicted molar refractivity (Wildman–Crippen MR) is 124 cm³/mol. The van der Waals surface area contributed by atoms with Crippen LogP contribution in [0, 0.1) is 5.82 Å². The number of nitrogens with one attached hydrogen (secondary N) is 2.